The Hall–Kier alpha value is -6.18. The number of benzene rings is 8. The lowest BCUT2D eigenvalue weighted by molar-refractivity contribution is 0.191. The summed E-state index contributed by atoms with van der Waals surface area (Å²) in [5.74, 6) is 0.646. The first kappa shape index (κ1) is 36.7. The molecule has 8 aromatic carbocycles. The quantitative estimate of drug-likeness (QED) is 0.154. The van der Waals surface area contributed by atoms with E-state index in [-0.39, 0.29) is 21.7 Å². The highest BCUT2D eigenvalue weighted by atomic mass is 15.0. The number of fused-ring (bicyclic) bond motifs is 13. The SMILES string of the molecule is CC1(C)c2ccccc2C(C)(C)c2cc3c(cc21)c1ccccc1c1cc2c(cc31)C(C)(C)C1C=CC(c3ccccc3-n3c4ccccc4c4ccccc43)=CC1C2(C)C. The van der Waals surface area contributed by atoms with Gasteiger partial charge in [-0.1, -0.05) is 177 Å². The first-order chi connectivity index (χ1) is 29.3. The summed E-state index contributed by atoms with van der Waals surface area (Å²) in [6.45, 7) is 19.7. The minimum absolute atomic E-state index is 0.0963. The van der Waals surface area contributed by atoms with Gasteiger partial charge in [-0.25, -0.2) is 0 Å². The Bertz CT molecular complexity index is 3380. The summed E-state index contributed by atoms with van der Waals surface area (Å²) in [7, 11) is 0. The second-order valence-electron chi connectivity index (χ2n) is 20.6. The Morgan fingerprint density at radius 3 is 1.33 bits per heavy atom. The van der Waals surface area contributed by atoms with Crippen molar-refractivity contribution in [1.82, 2.24) is 4.57 Å². The van der Waals surface area contributed by atoms with E-state index in [1.165, 1.54) is 104 Å². The van der Waals surface area contributed by atoms with E-state index >= 15 is 0 Å². The molecular formula is C60H53N. The van der Waals surface area contributed by atoms with E-state index in [4.69, 9.17) is 0 Å². The van der Waals surface area contributed by atoms with Gasteiger partial charge in [-0.05, 0) is 136 Å². The van der Waals surface area contributed by atoms with Crippen LogP contribution in [0.5, 0.6) is 0 Å². The van der Waals surface area contributed by atoms with Crippen LogP contribution in [-0.4, -0.2) is 4.57 Å². The van der Waals surface area contributed by atoms with Gasteiger partial charge in [-0.2, -0.15) is 0 Å². The highest BCUT2D eigenvalue weighted by molar-refractivity contribution is 6.26. The molecule has 298 valence electrons. The Balaban J connectivity index is 1.07. The van der Waals surface area contributed by atoms with E-state index in [1.54, 1.807) is 0 Å². The zero-order chi connectivity index (χ0) is 41.8. The van der Waals surface area contributed by atoms with Gasteiger partial charge >= 0.3 is 0 Å². The largest absolute Gasteiger partial charge is 0.309 e. The molecule has 0 saturated carbocycles. The van der Waals surface area contributed by atoms with Gasteiger partial charge in [0.1, 0.15) is 0 Å². The lowest BCUT2D eigenvalue weighted by Crippen LogP contribution is -2.48. The minimum Gasteiger partial charge on any atom is -0.309 e. The third-order valence-corrected chi connectivity index (χ3v) is 16.1. The smallest absolute Gasteiger partial charge is 0.0541 e. The van der Waals surface area contributed by atoms with Gasteiger partial charge in [0.25, 0.3) is 0 Å². The average molecular weight is 788 g/mol. The first-order valence-electron chi connectivity index (χ1n) is 22.4. The van der Waals surface area contributed by atoms with Crippen molar-refractivity contribution in [3.63, 3.8) is 0 Å². The van der Waals surface area contributed by atoms with Crippen LogP contribution in [0.2, 0.25) is 0 Å². The molecule has 1 aromatic heterocycles. The number of nitrogens with zero attached hydrogens (tertiary/aromatic N) is 1. The van der Waals surface area contributed by atoms with Crippen molar-refractivity contribution in [1.29, 1.82) is 0 Å². The van der Waals surface area contributed by atoms with Gasteiger partial charge < -0.3 is 4.57 Å². The van der Waals surface area contributed by atoms with Gasteiger partial charge in [0, 0.05) is 27.2 Å². The molecule has 0 saturated heterocycles. The molecule has 1 heteroatoms. The van der Waals surface area contributed by atoms with Gasteiger partial charge in [0.05, 0.1) is 16.7 Å². The zero-order valence-corrected chi connectivity index (χ0v) is 36.7. The van der Waals surface area contributed by atoms with Crippen LogP contribution >= 0.6 is 0 Å². The van der Waals surface area contributed by atoms with Crippen LogP contribution in [0.15, 0.2) is 164 Å². The molecular weight excluding hydrogens is 735 g/mol. The number of hydrogen-bond donors (Lipinski definition) is 0. The number of allylic oxidation sites excluding steroid dienone is 4. The van der Waals surface area contributed by atoms with Crippen LogP contribution in [0.3, 0.4) is 0 Å². The summed E-state index contributed by atoms with van der Waals surface area (Å²) < 4.78 is 2.48. The number of hydrogen-bond acceptors (Lipinski definition) is 0. The highest BCUT2D eigenvalue weighted by Gasteiger charge is 2.50. The van der Waals surface area contributed by atoms with Crippen molar-refractivity contribution in [3.8, 4) is 5.69 Å². The molecule has 3 aliphatic rings. The standard InChI is InChI=1S/C60H53N/c1-57(2)46-24-14-15-25-47(46)58(3,4)51-34-44-42(32-50(51)57)38-20-9-10-21-39(38)43-33-53-52(35-45(43)44)59(5,6)48-30-29-36(31-49(48)60(53,7)8)37-19-11-16-26-54(37)61-55-27-17-12-22-40(55)41-23-13-18-28-56(41)61/h9-35,48-49H,1-8H3. The third-order valence-electron chi connectivity index (χ3n) is 16.1. The first-order valence-corrected chi connectivity index (χ1v) is 22.4. The van der Waals surface area contributed by atoms with Crippen molar-refractivity contribution in [3.05, 3.63) is 203 Å². The molecule has 0 N–H and O–H groups in total. The van der Waals surface area contributed by atoms with Crippen molar-refractivity contribution >= 4 is 59.7 Å². The lowest BCUT2D eigenvalue weighted by atomic mass is 9.51. The van der Waals surface area contributed by atoms with E-state index in [0.29, 0.717) is 11.8 Å². The molecule has 2 atom stereocenters. The van der Waals surface area contributed by atoms with Crippen LogP contribution in [0.1, 0.15) is 94.3 Å². The molecule has 1 nitrogen and oxygen atoms in total. The predicted octanol–water partition coefficient (Wildman–Crippen LogP) is 15.7. The number of rotatable bonds is 2. The maximum atomic E-state index is 2.64. The van der Waals surface area contributed by atoms with Crippen LogP contribution in [0.4, 0.5) is 0 Å². The topological polar surface area (TPSA) is 4.93 Å². The Labute approximate surface area is 360 Å². The van der Waals surface area contributed by atoms with E-state index in [2.05, 4.69) is 224 Å². The third kappa shape index (κ3) is 4.78. The molecule has 0 spiro atoms. The van der Waals surface area contributed by atoms with Gasteiger partial charge in [0.15, 0.2) is 0 Å². The Morgan fingerprint density at radius 2 is 0.787 bits per heavy atom. The molecule has 1 heterocycles. The number of para-hydroxylation sites is 3. The molecule has 0 fully saturated rings. The summed E-state index contributed by atoms with van der Waals surface area (Å²) in [5.41, 5.74) is 14.6. The van der Waals surface area contributed by atoms with Gasteiger partial charge in [-0.3, -0.25) is 0 Å². The summed E-state index contributed by atoms with van der Waals surface area (Å²) >= 11 is 0. The van der Waals surface area contributed by atoms with Gasteiger partial charge in [-0.15, -0.1) is 0 Å². The van der Waals surface area contributed by atoms with Crippen molar-refractivity contribution < 1.29 is 0 Å². The zero-order valence-electron chi connectivity index (χ0n) is 36.7. The minimum atomic E-state index is -0.122. The normalized spacial score (nSPS) is 20.4. The molecule has 9 aromatic rings. The Morgan fingerprint density at radius 1 is 0.377 bits per heavy atom. The van der Waals surface area contributed by atoms with Crippen LogP contribution in [0, 0.1) is 11.8 Å². The maximum absolute atomic E-state index is 2.64. The molecule has 2 unspecified atom stereocenters. The fourth-order valence-corrected chi connectivity index (χ4v) is 12.7. The van der Waals surface area contributed by atoms with Crippen molar-refractivity contribution in [2.24, 2.45) is 11.8 Å². The summed E-state index contributed by atoms with van der Waals surface area (Å²) in [4.78, 5) is 0. The van der Waals surface area contributed by atoms with E-state index in [1.807, 2.05) is 0 Å². The van der Waals surface area contributed by atoms with Crippen LogP contribution in [-0.2, 0) is 21.7 Å². The fourth-order valence-electron chi connectivity index (χ4n) is 12.7. The summed E-state index contributed by atoms with van der Waals surface area (Å²) in [5, 5.41) is 10.7. The second kappa shape index (κ2) is 12.2. The lowest BCUT2D eigenvalue weighted by Gasteiger charge is -2.53. The van der Waals surface area contributed by atoms with Gasteiger partial charge in [0.2, 0.25) is 0 Å². The Kier molecular flexibility index (Phi) is 7.35. The average Bonchev–Trinajstić information content (AvgIpc) is 3.61. The van der Waals surface area contributed by atoms with Crippen molar-refractivity contribution in [2.75, 3.05) is 0 Å². The molecule has 0 amide bonds. The second-order valence-corrected chi connectivity index (χ2v) is 20.6. The highest BCUT2D eigenvalue weighted by Crippen LogP contribution is 2.58. The number of aromatic nitrogens is 1. The molecule has 3 aliphatic carbocycles. The monoisotopic (exact) mass is 787 g/mol. The van der Waals surface area contributed by atoms with Crippen LogP contribution < -0.4 is 0 Å². The molecule has 0 aliphatic heterocycles. The summed E-state index contributed by atoms with van der Waals surface area (Å²) in [6.07, 6.45) is 7.64. The molecule has 0 bridgehead atoms. The fraction of sp³-hybridized carbons (Fsp3) is 0.233. The molecule has 12 rings (SSSR count). The molecule has 61 heavy (non-hydrogen) atoms. The maximum Gasteiger partial charge on any atom is 0.0541 e. The van der Waals surface area contributed by atoms with E-state index in [9.17, 15) is 0 Å². The van der Waals surface area contributed by atoms with E-state index in [0.717, 1.165) is 0 Å². The van der Waals surface area contributed by atoms with E-state index < -0.39 is 0 Å². The van der Waals surface area contributed by atoms with Crippen LogP contribution in [0.25, 0.3) is 65.4 Å². The van der Waals surface area contributed by atoms with Crippen molar-refractivity contribution in [2.45, 2.75) is 77.0 Å². The summed E-state index contributed by atoms with van der Waals surface area (Å²) in [6, 6.07) is 55.5. The predicted molar refractivity (Wildman–Crippen MR) is 261 cm³/mol. The molecule has 0 radical (unpaired) electrons.